The SMILES string of the molecule is Cc1sc(NC(=O)c2cccc(Br)c2)c(C(=O)[O-])c1C. The highest BCUT2D eigenvalue weighted by atomic mass is 79.9. The van der Waals surface area contributed by atoms with Gasteiger partial charge in [-0.15, -0.1) is 11.3 Å². The number of carboxylic acid groups (broad SMARTS) is 1. The first kappa shape index (κ1) is 14.7. The first-order valence-corrected chi connectivity index (χ1v) is 7.39. The number of benzene rings is 1. The fraction of sp³-hybridized carbons (Fsp3) is 0.143. The van der Waals surface area contributed by atoms with E-state index >= 15 is 0 Å². The van der Waals surface area contributed by atoms with Gasteiger partial charge in [0.25, 0.3) is 5.91 Å². The van der Waals surface area contributed by atoms with Crippen molar-refractivity contribution in [3.8, 4) is 0 Å². The second-order valence-corrected chi connectivity index (χ2v) is 6.38. The zero-order valence-corrected chi connectivity index (χ0v) is 13.2. The summed E-state index contributed by atoms with van der Waals surface area (Å²) in [4.78, 5) is 24.1. The van der Waals surface area contributed by atoms with Gasteiger partial charge >= 0.3 is 0 Å². The topological polar surface area (TPSA) is 69.2 Å². The van der Waals surface area contributed by atoms with E-state index in [-0.39, 0.29) is 11.5 Å². The molecular formula is C14H11BrNO3S-. The predicted molar refractivity (Wildman–Crippen MR) is 80.2 cm³/mol. The van der Waals surface area contributed by atoms with Gasteiger partial charge in [-0.05, 0) is 37.6 Å². The van der Waals surface area contributed by atoms with E-state index in [2.05, 4.69) is 21.2 Å². The van der Waals surface area contributed by atoms with Gasteiger partial charge in [0.05, 0.1) is 5.97 Å². The van der Waals surface area contributed by atoms with Gasteiger partial charge in [-0.1, -0.05) is 22.0 Å². The van der Waals surface area contributed by atoms with Crippen molar-refractivity contribution in [3.63, 3.8) is 0 Å². The van der Waals surface area contributed by atoms with Crippen molar-refractivity contribution in [2.75, 3.05) is 5.32 Å². The smallest absolute Gasteiger partial charge is 0.256 e. The minimum absolute atomic E-state index is 0.0517. The van der Waals surface area contributed by atoms with Crippen LogP contribution in [0, 0.1) is 13.8 Å². The van der Waals surface area contributed by atoms with E-state index in [0.29, 0.717) is 16.1 Å². The van der Waals surface area contributed by atoms with Crippen LogP contribution in [0.5, 0.6) is 0 Å². The number of amides is 1. The van der Waals surface area contributed by atoms with E-state index in [0.717, 1.165) is 9.35 Å². The lowest BCUT2D eigenvalue weighted by Crippen LogP contribution is -2.24. The normalized spacial score (nSPS) is 10.3. The molecule has 0 aliphatic rings. The Kier molecular flexibility index (Phi) is 4.25. The van der Waals surface area contributed by atoms with Gasteiger partial charge in [0, 0.05) is 20.5 Å². The number of carbonyl (C=O) groups is 2. The number of anilines is 1. The molecule has 0 radical (unpaired) electrons. The van der Waals surface area contributed by atoms with Crippen molar-refractivity contribution >= 4 is 44.1 Å². The molecule has 1 aromatic heterocycles. The Morgan fingerprint density at radius 3 is 2.60 bits per heavy atom. The summed E-state index contributed by atoms with van der Waals surface area (Å²) in [6, 6.07) is 6.87. The minimum atomic E-state index is -1.28. The van der Waals surface area contributed by atoms with Gasteiger partial charge in [-0.2, -0.15) is 0 Å². The van der Waals surface area contributed by atoms with Gasteiger partial charge in [0.2, 0.25) is 0 Å². The van der Waals surface area contributed by atoms with Crippen LogP contribution in [0.1, 0.15) is 31.2 Å². The van der Waals surface area contributed by atoms with Crippen molar-refractivity contribution in [1.82, 2.24) is 0 Å². The summed E-state index contributed by atoms with van der Waals surface area (Å²) >= 11 is 4.52. The van der Waals surface area contributed by atoms with Crippen molar-refractivity contribution < 1.29 is 14.7 Å². The average Bonchev–Trinajstić information content (AvgIpc) is 2.64. The highest BCUT2D eigenvalue weighted by Gasteiger charge is 2.16. The predicted octanol–water partition coefficient (Wildman–Crippen LogP) is 2.74. The Hall–Kier alpha value is -1.66. The Morgan fingerprint density at radius 1 is 1.30 bits per heavy atom. The summed E-state index contributed by atoms with van der Waals surface area (Å²) in [5, 5.41) is 14.1. The molecule has 1 heterocycles. The summed E-state index contributed by atoms with van der Waals surface area (Å²) in [7, 11) is 0. The van der Waals surface area contributed by atoms with Gasteiger partial charge in [-0.3, -0.25) is 4.79 Å². The van der Waals surface area contributed by atoms with Crippen LogP contribution in [0.4, 0.5) is 5.00 Å². The zero-order valence-electron chi connectivity index (χ0n) is 10.8. The Morgan fingerprint density at radius 2 is 2.00 bits per heavy atom. The van der Waals surface area contributed by atoms with Crippen LogP contribution in [-0.2, 0) is 0 Å². The van der Waals surface area contributed by atoms with E-state index in [1.807, 2.05) is 6.07 Å². The van der Waals surface area contributed by atoms with E-state index in [1.54, 1.807) is 32.0 Å². The first-order chi connectivity index (χ1) is 9.40. The van der Waals surface area contributed by atoms with Crippen LogP contribution in [0.3, 0.4) is 0 Å². The zero-order chi connectivity index (χ0) is 14.9. The van der Waals surface area contributed by atoms with Crippen molar-refractivity contribution in [1.29, 1.82) is 0 Å². The van der Waals surface area contributed by atoms with Crippen LogP contribution in [0.15, 0.2) is 28.7 Å². The maximum absolute atomic E-state index is 12.1. The monoisotopic (exact) mass is 352 g/mol. The van der Waals surface area contributed by atoms with Crippen LogP contribution >= 0.6 is 27.3 Å². The quantitative estimate of drug-likeness (QED) is 0.923. The number of hydrogen-bond donors (Lipinski definition) is 1. The second kappa shape index (κ2) is 5.76. The Bertz CT molecular complexity index is 694. The summed E-state index contributed by atoms with van der Waals surface area (Å²) in [5.74, 6) is -1.63. The number of thiophene rings is 1. The fourth-order valence-electron chi connectivity index (χ4n) is 1.77. The molecule has 4 nitrogen and oxygen atoms in total. The third-order valence-electron chi connectivity index (χ3n) is 2.90. The number of carboxylic acids is 1. The van der Waals surface area contributed by atoms with Gasteiger partial charge in [0.15, 0.2) is 0 Å². The number of hydrogen-bond acceptors (Lipinski definition) is 4. The van der Waals surface area contributed by atoms with Crippen LogP contribution in [0.25, 0.3) is 0 Å². The molecular weight excluding hydrogens is 342 g/mol. The van der Waals surface area contributed by atoms with Crippen molar-refractivity contribution in [2.45, 2.75) is 13.8 Å². The third kappa shape index (κ3) is 2.91. The Labute approximate surface area is 128 Å². The maximum Gasteiger partial charge on any atom is 0.256 e. The molecule has 1 N–H and O–H groups in total. The molecule has 6 heteroatoms. The maximum atomic E-state index is 12.1. The highest BCUT2D eigenvalue weighted by molar-refractivity contribution is 9.10. The molecule has 2 aromatic rings. The van der Waals surface area contributed by atoms with Gasteiger partial charge in [0.1, 0.15) is 5.00 Å². The fourth-order valence-corrected chi connectivity index (χ4v) is 3.21. The van der Waals surface area contributed by atoms with Crippen LogP contribution < -0.4 is 10.4 Å². The molecule has 0 unspecified atom stereocenters. The number of carbonyl (C=O) groups excluding carboxylic acids is 2. The summed E-state index contributed by atoms with van der Waals surface area (Å²) < 4.78 is 0.781. The van der Waals surface area contributed by atoms with Gasteiger partial charge < -0.3 is 15.2 Å². The van der Waals surface area contributed by atoms with Crippen molar-refractivity contribution in [2.24, 2.45) is 0 Å². The molecule has 0 saturated carbocycles. The number of rotatable bonds is 3. The van der Waals surface area contributed by atoms with E-state index in [4.69, 9.17) is 0 Å². The molecule has 104 valence electrons. The molecule has 0 atom stereocenters. The standard InChI is InChI=1S/C14H12BrNO3S/c1-7-8(2)20-13(11(7)14(18)19)16-12(17)9-4-3-5-10(15)6-9/h3-6H,1-2H3,(H,16,17)(H,18,19)/p-1. The average molecular weight is 353 g/mol. The van der Waals surface area contributed by atoms with Gasteiger partial charge in [-0.25, -0.2) is 0 Å². The molecule has 0 aliphatic heterocycles. The molecule has 20 heavy (non-hydrogen) atoms. The van der Waals surface area contributed by atoms with Crippen molar-refractivity contribution in [3.05, 3.63) is 50.3 Å². The lowest BCUT2D eigenvalue weighted by Gasteiger charge is -2.08. The summed E-state index contributed by atoms with van der Waals surface area (Å²) in [6.45, 7) is 3.51. The number of aromatic carboxylic acids is 1. The number of halogens is 1. The second-order valence-electron chi connectivity index (χ2n) is 4.24. The van der Waals surface area contributed by atoms with E-state index < -0.39 is 5.97 Å². The lowest BCUT2D eigenvalue weighted by atomic mass is 10.1. The summed E-state index contributed by atoms with van der Waals surface area (Å²) in [5.41, 5.74) is 1.13. The molecule has 0 saturated heterocycles. The van der Waals surface area contributed by atoms with E-state index in [1.165, 1.54) is 11.3 Å². The van der Waals surface area contributed by atoms with Crippen LogP contribution in [-0.4, -0.2) is 11.9 Å². The minimum Gasteiger partial charge on any atom is -0.545 e. The van der Waals surface area contributed by atoms with Crippen LogP contribution in [0.2, 0.25) is 0 Å². The number of nitrogens with one attached hydrogen (secondary N) is 1. The van der Waals surface area contributed by atoms with E-state index in [9.17, 15) is 14.7 Å². The summed E-state index contributed by atoms with van der Waals surface area (Å²) in [6.07, 6.45) is 0. The Balaban J connectivity index is 2.33. The molecule has 0 spiro atoms. The third-order valence-corrected chi connectivity index (χ3v) is 4.52. The molecule has 1 amide bonds. The molecule has 0 aliphatic carbocycles. The number of aryl methyl sites for hydroxylation is 1. The highest BCUT2D eigenvalue weighted by Crippen LogP contribution is 2.32. The largest absolute Gasteiger partial charge is 0.545 e. The molecule has 0 fully saturated rings. The first-order valence-electron chi connectivity index (χ1n) is 5.78. The molecule has 0 bridgehead atoms. The molecule has 1 aromatic carbocycles. The lowest BCUT2D eigenvalue weighted by molar-refractivity contribution is -0.254. The molecule has 2 rings (SSSR count).